The minimum Gasteiger partial charge on any atom is -0.476 e. The second kappa shape index (κ2) is 7.65. The molecule has 0 N–H and O–H groups in total. The molecule has 1 saturated heterocycles. The molecule has 0 aromatic rings. The predicted octanol–water partition coefficient (Wildman–Crippen LogP) is 2.16. The first kappa shape index (κ1) is 21.9. The molecule has 1 aliphatic carbocycles. The highest BCUT2D eigenvalue weighted by Crippen LogP contribution is 2.59. The number of ether oxygens (including phenoxy) is 1. The van der Waals surface area contributed by atoms with Crippen LogP contribution in [0, 0.1) is 5.41 Å². The van der Waals surface area contributed by atoms with Crippen molar-refractivity contribution in [2.24, 2.45) is 5.41 Å². The SMILES string of the molecule is CN(CCN([C@H]1CC23CCCCC2=CN2C=CCCC2=C3O1)S(C)(=O)=O)S(C)(=O)=O. The molecule has 1 unspecified atom stereocenters. The maximum atomic E-state index is 12.7. The normalized spacial score (nSPS) is 28.9. The van der Waals surface area contributed by atoms with Crippen LogP contribution in [0.1, 0.15) is 44.9 Å². The largest absolute Gasteiger partial charge is 0.476 e. The lowest BCUT2D eigenvalue weighted by molar-refractivity contribution is 0.0561. The number of likely N-dealkylation sites (N-methyl/N-ethyl adjacent to an activating group) is 1. The molecule has 0 radical (unpaired) electrons. The third-order valence-electron chi connectivity index (χ3n) is 6.76. The van der Waals surface area contributed by atoms with Gasteiger partial charge in [0.1, 0.15) is 5.76 Å². The molecule has 4 aliphatic rings. The number of hydrogen-bond acceptors (Lipinski definition) is 6. The van der Waals surface area contributed by atoms with Gasteiger partial charge in [-0.1, -0.05) is 12.5 Å². The van der Waals surface area contributed by atoms with Crippen LogP contribution in [0.3, 0.4) is 0 Å². The van der Waals surface area contributed by atoms with E-state index in [1.807, 2.05) is 0 Å². The minimum atomic E-state index is -3.59. The van der Waals surface area contributed by atoms with Gasteiger partial charge in [0.15, 0.2) is 6.23 Å². The highest BCUT2D eigenvalue weighted by molar-refractivity contribution is 7.88. The van der Waals surface area contributed by atoms with E-state index >= 15 is 0 Å². The zero-order chi connectivity index (χ0) is 21.7. The lowest BCUT2D eigenvalue weighted by Crippen LogP contribution is -2.44. The third kappa shape index (κ3) is 3.83. The predicted molar refractivity (Wildman–Crippen MR) is 115 cm³/mol. The molecular weight excluding hydrogens is 426 g/mol. The summed E-state index contributed by atoms with van der Waals surface area (Å²) in [5, 5.41) is 0. The first-order chi connectivity index (χ1) is 14.0. The number of rotatable bonds is 6. The summed E-state index contributed by atoms with van der Waals surface area (Å²) in [6, 6.07) is 0. The zero-order valence-corrected chi connectivity index (χ0v) is 19.5. The summed E-state index contributed by atoms with van der Waals surface area (Å²) in [4.78, 5) is 2.14. The third-order valence-corrected chi connectivity index (χ3v) is 9.34. The summed E-state index contributed by atoms with van der Waals surface area (Å²) >= 11 is 0. The van der Waals surface area contributed by atoms with Crippen molar-refractivity contribution in [3.05, 3.63) is 35.5 Å². The number of allylic oxidation sites excluding steroid dienone is 3. The van der Waals surface area contributed by atoms with Gasteiger partial charge in [0.2, 0.25) is 20.0 Å². The monoisotopic (exact) mass is 457 g/mol. The van der Waals surface area contributed by atoms with Crippen molar-refractivity contribution in [1.29, 1.82) is 0 Å². The Balaban J connectivity index is 1.67. The second-order valence-corrected chi connectivity index (χ2v) is 12.8. The molecule has 8 nitrogen and oxygen atoms in total. The van der Waals surface area contributed by atoms with Crippen LogP contribution in [-0.2, 0) is 24.8 Å². The fraction of sp³-hybridized carbons (Fsp3) is 0.700. The van der Waals surface area contributed by atoms with E-state index < -0.39 is 26.3 Å². The average molecular weight is 458 g/mol. The van der Waals surface area contributed by atoms with E-state index in [2.05, 4.69) is 23.4 Å². The van der Waals surface area contributed by atoms with E-state index in [1.165, 1.54) is 27.5 Å². The van der Waals surface area contributed by atoms with E-state index in [0.29, 0.717) is 6.42 Å². The second-order valence-electron chi connectivity index (χ2n) is 8.78. The van der Waals surface area contributed by atoms with Gasteiger partial charge in [-0.25, -0.2) is 21.1 Å². The van der Waals surface area contributed by atoms with Crippen LogP contribution in [0.4, 0.5) is 0 Å². The van der Waals surface area contributed by atoms with Gasteiger partial charge in [-0.05, 0) is 37.7 Å². The van der Waals surface area contributed by atoms with Crippen LogP contribution in [0.15, 0.2) is 35.5 Å². The van der Waals surface area contributed by atoms with E-state index in [1.54, 1.807) is 0 Å². The van der Waals surface area contributed by atoms with Crippen molar-refractivity contribution in [3.8, 4) is 0 Å². The van der Waals surface area contributed by atoms with Crippen LogP contribution in [0.5, 0.6) is 0 Å². The summed E-state index contributed by atoms with van der Waals surface area (Å²) < 4.78 is 57.8. The highest BCUT2D eigenvalue weighted by Gasteiger charge is 2.54. The van der Waals surface area contributed by atoms with E-state index in [0.717, 1.165) is 56.2 Å². The Bertz CT molecular complexity index is 1020. The standard InChI is InChI=1S/C20H31N3O5S2/c1-21(29(2,24)25)12-13-23(30(3,26)27)18-14-20-10-6-4-8-16(20)15-22-11-7-5-9-17(22)19(20)28-18/h7,11,15,18H,4-6,8-10,12-14H2,1-3H3/t18-,20?/m1/s1. The molecule has 3 aliphatic heterocycles. The van der Waals surface area contributed by atoms with Crippen molar-refractivity contribution in [2.75, 3.05) is 32.6 Å². The molecule has 0 bridgehead atoms. The Labute approximate surface area is 179 Å². The van der Waals surface area contributed by atoms with Crippen LogP contribution >= 0.6 is 0 Å². The Kier molecular flexibility index (Phi) is 5.57. The van der Waals surface area contributed by atoms with Gasteiger partial charge in [0.25, 0.3) is 0 Å². The smallest absolute Gasteiger partial charge is 0.214 e. The number of fused-ring (bicyclic) bond motifs is 1. The molecule has 1 spiro atoms. The van der Waals surface area contributed by atoms with Gasteiger partial charge >= 0.3 is 0 Å². The maximum Gasteiger partial charge on any atom is 0.214 e. The maximum absolute atomic E-state index is 12.7. The molecule has 2 atom stereocenters. The van der Waals surface area contributed by atoms with Crippen LogP contribution < -0.4 is 0 Å². The van der Waals surface area contributed by atoms with Crippen molar-refractivity contribution in [2.45, 2.75) is 51.2 Å². The quantitative estimate of drug-likeness (QED) is 0.608. The summed E-state index contributed by atoms with van der Waals surface area (Å²) in [7, 11) is -5.51. The Morgan fingerprint density at radius 1 is 1.13 bits per heavy atom. The molecule has 4 rings (SSSR count). The lowest BCUT2D eigenvalue weighted by Gasteiger charge is -2.42. The Hall–Kier alpha value is -1.36. The Morgan fingerprint density at radius 3 is 2.60 bits per heavy atom. The average Bonchev–Trinajstić information content (AvgIpc) is 3.03. The van der Waals surface area contributed by atoms with Gasteiger partial charge in [0.05, 0.1) is 23.6 Å². The fourth-order valence-corrected chi connectivity index (χ4v) is 6.46. The first-order valence-corrected chi connectivity index (χ1v) is 14.2. The molecule has 30 heavy (non-hydrogen) atoms. The van der Waals surface area contributed by atoms with E-state index in [-0.39, 0.29) is 18.5 Å². The summed E-state index contributed by atoms with van der Waals surface area (Å²) in [6.07, 6.45) is 14.7. The summed E-state index contributed by atoms with van der Waals surface area (Å²) in [5.41, 5.74) is 2.22. The molecule has 168 valence electrons. The zero-order valence-electron chi connectivity index (χ0n) is 17.9. The van der Waals surface area contributed by atoms with Crippen molar-refractivity contribution in [3.63, 3.8) is 0 Å². The van der Waals surface area contributed by atoms with Crippen LogP contribution in [0.25, 0.3) is 0 Å². The van der Waals surface area contributed by atoms with Gasteiger partial charge in [-0.2, -0.15) is 4.31 Å². The highest BCUT2D eigenvalue weighted by atomic mass is 32.2. The Morgan fingerprint density at radius 2 is 1.90 bits per heavy atom. The molecular formula is C20H31N3O5S2. The summed E-state index contributed by atoms with van der Waals surface area (Å²) in [5.74, 6) is 0.930. The molecule has 0 aromatic carbocycles. The molecule has 0 amide bonds. The van der Waals surface area contributed by atoms with Crippen LogP contribution in [0.2, 0.25) is 0 Å². The van der Waals surface area contributed by atoms with Gasteiger partial charge in [-0.15, -0.1) is 0 Å². The minimum absolute atomic E-state index is 0.0639. The van der Waals surface area contributed by atoms with Crippen molar-refractivity contribution < 1.29 is 21.6 Å². The topological polar surface area (TPSA) is 87.2 Å². The summed E-state index contributed by atoms with van der Waals surface area (Å²) in [6.45, 7) is 0.149. The molecule has 1 saturated carbocycles. The van der Waals surface area contributed by atoms with Gasteiger partial charge in [-0.3, -0.25) is 0 Å². The molecule has 0 aromatic heterocycles. The molecule has 10 heteroatoms. The van der Waals surface area contributed by atoms with E-state index in [4.69, 9.17) is 4.74 Å². The molecule has 2 fully saturated rings. The van der Waals surface area contributed by atoms with E-state index in [9.17, 15) is 16.8 Å². The molecule has 3 heterocycles. The van der Waals surface area contributed by atoms with Gasteiger partial charge in [0, 0.05) is 39.0 Å². The van der Waals surface area contributed by atoms with Crippen molar-refractivity contribution in [1.82, 2.24) is 13.5 Å². The number of sulfonamides is 2. The lowest BCUT2D eigenvalue weighted by atomic mass is 9.66. The fourth-order valence-electron chi connectivity index (χ4n) is 5.08. The number of hydrogen-bond donors (Lipinski definition) is 0. The first-order valence-electron chi connectivity index (χ1n) is 10.5. The van der Waals surface area contributed by atoms with Gasteiger partial charge < -0.3 is 9.64 Å². The van der Waals surface area contributed by atoms with Crippen LogP contribution in [-0.4, -0.2) is 69.2 Å². The van der Waals surface area contributed by atoms with Crippen molar-refractivity contribution >= 4 is 20.0 Å². The number of nitrogens with zero attached hydrogens (tertiary/aromatic N) is 3.